The number of hydrogen-bond acceptors (Lipinski definition) is 4. The van der Waals surface area contributed by atoms with Crippen molar-refractivity contribution in [3.63, 3.8) is 0 Å². The van der Waals surface area contributed by atoms with Crippen molar-refractivity contribution < 1.29 is 23.5 Å². The summed E-state index contributed by atoms with van der Waals surface area (Å²) in [5.41, 5.74) is 0.558. The molecule has 1 heterocycles. The van der Waals surface area contributed by atoms with E-state index in [0.29, 0.717) is 25.3 Å². The third-order valence-corrected chi connectivity index (χ3v) is 3.23. The minimum absolute atomic E-state index is 0.115. The van der Waals surface area contributed by atoms with Crippen LogP contribution in [0, 0.1) is 5.82 Å². The molecule has 0 saturated carbocycles. The monoisotopic (exact) mass is 295 g/mol. The number of halogens is 1. The Morgan fingerprint density at radius 1 is 1.19 bits per heavy atom. The number of benzene rings is 1. The molecule has 0 atom stereocenters. The summed E-state index contributed by atoms with van der Waals surface area (Å²) in [6.45, 7) is 5.00. The third-order valence-electron chi connectivity index (χ3n) is 3.23. The van der Waals surface area contributed by atoms with Crippen molar-refractivity contribution in [2.45, 2.75) is 26.6 Å². The Balaban J connectivity index is 2.11. The predicted molar refractivity (Wildman–Crippen MR) is 74.7 cm³/mol. The smallest absolute Gasteiger partial charge is 0.299 e. The van der Waals surface area contributed by atoms with Gasteiger partial charge in [-0.1, -0.05) is 0 Å². The van der Waals surface area contributed by atoms with Crippen LogP contribution in [0.25, 0.3) is 0 Å². The zero-order chi connectivity index (χ0) is 15.4. The molecular weight excluding hydrogens is 277 g/mol. The summed E-state index contributed by atoms with van der Waals surface area (Å²) in [4.78, 5) is 25.2. The Morgan fingerprint density at radius 2 is 1.86 bits per heavy atom. The van der Waals surface area contributed by atoms with Gasteiger partial charge in [0.25, 0.3) is 11.7 Å². The summed E-state index contributed by atoms with van der Waals surface area (Å²) < 4.78 is 24.0. The molecule has 0 saturated heterocycles. The number of ketones is 1. The van der Waals surface area contributed by atoms with Gasteiger partial charge in [0.05, 0.1) is 11.3 Å². The molecule has 0 bridgehead atoms. The van der Waals surface area contributed by atoms with Gasteiger partial charge >= 0.3 is 0 Å². The maximum absolute atomic E-state index is 13.2. The molecule has 1 aromatic rings. The van der Waals surface area contributed by atoms with E-state index in [2.05, 4.69) is 0 Å². The van der Waals surface area contributed by atoms with E-state index in [4.69, 9.17) is 9.47 Å². The quantitative estimate of drug-likeness (QED) is 0.571. The van der Waals surface area contributed by atoms with Gasteiger partial charge in [0.15, 0.2) is 6.29 Å². The molecule has 0 N–H and O–H groups in total. The fourth-order valence-electron chi connectivity index (χ4n) is 2.32. The second kappa shape index (κ2) is 6.78. The van der Waals surface area contributed by atoms with Gasteiger partial charge in [-0.25, -0.2) is 4.39 Å². The largest absolute Gasteiger partial charge is 0.353 e. The number of fused-ring (bicyclic) bond motifs is 1. The summed E-state index contributed by atoms with van der Waals surface area (Å²) in [6.07, 6.45) is 0.0183. The topological polar surface area (TPSA) is 55.8 Å². The van der Waals surface area contributed by atoms with Crippen LogP contribution in [0.15, 0.2) is 18.2 Å². The van der Waals surface area contributed by atoms with E-state index in [1.165, 1.54) is 17.0 Å². The van der Waals surface area contributed by atoms with Crippen molar-refractivity contribution in [1.82, 2.24) is 0 Å². The summed E-state index contributed by atoms with van der Waals surface area (Å²) in [5.74, 6) is -1.84. The number of rotatable bonds is 7. The van der Waals surface area contributed by atoms with Crippen molar-refractivity contribution in [3.05, 3.63) is 29.6 Å². The summed E-state index contributed by atoms with van der Waals surface area (Å²) in [5, 5.41) is 0. The lowest BCUT2D eigenvalue weighted by Gasteiger charge is -2.21. The van der Waals surface area contributed by atoms with Crippen LogP contribution in [0.3, 0.4) is 0 Å². The Morgan fingerprint density at radius 3 is 2.48 bits per heavy atom. The number of carbonyl (C=O) groups excluding carboxylic acids is 2. The summed E-state index contributed by atoms with van der Waals surface area (Å²) in [6, 6.07) is 3.78. The van der Waals surface area contributed by atoms with Crippen molar-refractivity contribution in [1.29, 1.82) is 0 Å². The first-order chi connectivity index (χ1) is 10.1. The molecule has 1 amide bonds. The predicted octanol–water partition coefficient (Wildman–Crippen LogP) is 2.14. The van der Waals surface area contributed by atoms with Crippen LogP contribution in [0.1, 0.15) is 30.6 Å². The number of ether oxygens (including phenoxy) is 2. The van der Waals surface area contributed by atoms with Gasteiger partial charge in [-0.3, -0.25) is 9.59 Å². The van der Waals surface area contributed by atoms with Gasteiger partial charge in [-0.15, -0.1) is 0 Å². The molecule has 0 aromatic heterocycles. The zero-order valence-corrected chi connectivity index (χ0v) is 12.1. The van der Waals surface area contributed by atoms with E-state index in [-0.39, 0.29) is 12.1 Å². The van der Waals surface area contributed by atoms with Crippen molar-refractivity contribution in [3.8, 4) is 0 Å². The van der Waals surface area contributed by atoms with E-state index in [0.717, 1.165) is 6.07 Å². The van der Waals surface area contributed by atoms with Crippen LogP contribution in [0.4, 0.5) is 10.1 Å². The molecule has 2 rings (SSSR count). The average molecular weight is 295 g/mol. The molecule has 0 aliphatic carbocycles. The first-order valence-electron chi connectivity index (χ1n) is 6.97. The molecular formula is C15H18FNO4. The molecule has 6 heteroatoms. The number of nitrogens with zero attached hydrogens (tertiary/aromatic N) is 1. The molecule has 0 fully saturated rings. The Labute approximate surface area is 122 Å². The summed E-state index contributed by atoms with van der Waals surface area (Å²) in [7, 11) is 0. The van der Waals surface area contributed by atoms with E-state index in [1.807, 2.05) is 13.8 Å². The molecule has 1 aliphatic heterocycles. The maximum atomic E-state index is 13.2. The number of hydrogen-bond donors (Lipinski definition) is 0. The van der Waals surface area contributed by atoms with E-state index < -0.39 is 23.8 Å². The van der Waals surface area contributed by atoms with Crippen molar-refractivity contribution in [2.75, 3.05) is 24.7 Å². The minimum Gasteiger partial charge on any atom is -0.353 e. The average Bonchev–Trinajstić information content (AvgIpc) is 2.69. The lowest BCUT2D eigenvalue weighted by atomic mass is 10.1. The molecule has 21 heavy (non-hydrogen) atoms. The molecule has 1 aromatic carbocycles. The second-order valence-corrected chi connectivity index (χ2v) is 4.58. The normalized spacial score (nSPS) is 14.2. The lowest BCUT2D eigenvalue weighted by molar-refractivity contribution is -0.138. The van der Waals surface area contributed by atoms with Crippen LogP contribution < -0.4 is 4.90 Å². The SMILES string of the molecule is CCOC(CCN1C(=O)C(=O)c2cc(F)ccc21)OCC. The van der Waals surface area contributed by atoms with Gasteiger partial charge in [0.2, 0.25) is 0 Å². The van der Waals surface area contributed by atoms with Crippen molar-refractivity contribution >= 4 is 17.4 Å². The van der Waals surface area contributed by atoms with Crippen LogP contribution in [0.5, 0.6) is 0 Å². The first kappa shape index (κ1) is 15.6. The molecule has 114 valence electrons. The Hall–Kier alpha value is -1.79. The van der Waals surface area contributed by atoms with E-state index in [9.17, 15) is 14.0 Å². The number of amides is 1. The number of carbonyl (C=O) groups is 2. The van der Waals surface area contributed by atoms with Crippen molar-refractivity contribution in [2.24, 2.45) is 0 Å². The van der Waals surface area contributed by atoms with Gasteiger partial charge < -0.3 is 14.4 Å². The highest BCUT2D eigenvalue weighted by Gasteiger charge is 2.36. The van der Waals surface area contributed by atoms with Gasteiger partial charge in [-0.2, -0.15) is 0 Å². The summed E-state index contributed by atoms with van der Waals surface area (Å²) >= 11 is 0. The third kappa shape index (κ3) is 3.28. The Kier molecular flexibility index (Phi) is 5.03. The highest BCUT2D eigenvalue weighted by molar-refractivity contribution is 6.52. The molecule has 0 unspecified atom stereocenters. The van der Waals surface area contributed by atoms with Crippen LogP contribution in [-0.2, 0) is 14.3 Å². The van der Waals surface area contributed by atoms with Crippen LogP contribution in [0.2, 0.25) is 0 Å². The van der Waals surface area contributed by atoms with Gasteiger partial charge in [-0.05, 0) is 32.0 Å². The molecule has 1 aliphatic rings. The van der Waals surface area contributed by atoms with E-state index in [1.54, 1.807) is 0 Å². The lowest BCUT2D eigenvalue weighted by Crippen LogP contribution is -2.33. The maximum Gasteiger partial charge on any atom is 0.299 e. The minimum atomic E-state index is -0.672. The van der Waals surface area contributed by atoms with Crippen LogP contribution >= 0.6 is 0 Å². The fourth-order valence-corrected chi connectivity index (χ4v) is 2.32. The molecule has 0 radical (unpaired) electrons. The first-order valence-corrected chi connectivity index (χ1v) is 6.97. The highest BCUT2D eigenvalue weighted by atomic mass is 19.1. The van der Waals surface area contributed by atoms with Crippen LogP contribution in [-0.4, -0.2) is 37.7 Å². The van der Waals surface area contributed by atoms with Gasteiger partial charge in [0.1, 0.15) is 5.82 Å². The molecule has 0 spiro atoms. The number of Topliss-reactive ketones (excluding diaryl/α,β-unsaturated/α-hetero) is 1. The van der Waals surface area contributed by atoms with E-state index >= 15 is 0 Å². The second-order valence-electron chi connectivity index (χ2n) is 4.58. The zero-order valence-electron chi connectivity index (χ0n) is 12.1. The highest BCUT2D eigenvalue weighted by Crippen LogP contribution is 2.29. The Bertz CT molecular complexity index is 540. The standard InChI is InChI=1S/C15H18FNO4/c1-3-20-13(21-4-2)7-8-17-12-6-5-10(16)9-11(12)14(18)15(17)19/h5-6,9,13H,3-4,7-8H2,1-2H3. The number of anilines is 1. The molecule has 5 nitrogen and oxygen atoms in total. The van der Waals surface area contributed by atoms with Gasteiger partial charge in [0, 0.05) is 26.2 Å². The fraction of sp³-hybridized carbons (Fsp3) is 0.467.